The fourth-order valence-corrected chi connectivity index (χ4v) is 8.78. The Morgan fingerprint density at radius 3 is 2.42 bits per heavy atom. The molecule has 2 aliphatic carbocycles. The van der Waals surface area contributed by atoms with Crippen molar-refractivity contribution in [2.75, 3.05) is 39.1 Å². The van der Waals surface area contributed by atoms with Gasteiger partial charge in [0.05, 0.1) is 34.2 Å². The van der Waals surface area contributed by atoms with Gasteiger partial charge < -0.3 is 24.8 Å². The van der Waals surface area contributed by atoms with Crippen LogP contribution in [-0.2, 0) is 24.3 Å². The number of rotatable bonds is 9. The van der Waals surface area contributed by atoms with Crippen molar-refractivity contribution in [2.24, 2.45) is 5.41 Å². The van der Waals surface area contributed by atoms with Gasteiger partial charge in [0.25, 0.3) is 5.91 Å². The predicted molar refractivity (Wildman–Crippen MR) is 195 cm³/mol. The lowest BCUT2D eigenvalue weighted by atomic mass is 9.60. The summed E-state index contributed by atoms with van der Waals surface area (Å²) in [6.07, 6.45) is 5.09. The number of hydrogen-bond donors (Lipinski definition) is 2. The second-order valence-electron chi connectivity index (χ2n) is 14.5. The van der Waals surface area contributed by atoms with E-state index >= 15 is 0 Å². The number of benzene rings is 2. The van der Waals surface area contributed by atoms with Crippen molar-refractivity contribution in [3.63, 3.8) is 0 Å². The van der Waals surface area contributed by atoms with E-state index in [0.29, 0.717) is 56.2 Å². The van der Waals surface area contributed by atoms with Crippen molar-refractivity contribution < 1.29 is 14.3 Å². The Bertz CT molecular complexity index is 1990. The largest absolute Gasteiger partial charge is 0.481 e. The van der Waals surface area contributed by atoms with Gasteiger partial charge in [-0.3, -0.25) is 14.5 Å². The minimum Gasteiger partial charge on any atom is -0.481 e. The molecule has 3 fully saturated rings. The number of carbonyl (C=O) groups excluding carboxylic acids is 2. The Hall–Kier alpha value is -3.96. The predicted octanol–water partition coefficient (Wildman–Crippen LogP) is 6.60. The molecule has 12 heteroatoms. The molecule has 0 bridgehead atoms. The summed E-state index contributed by atoms with van der Waals surface area (Å²) in [5, 5.41) is 6.99. The second-order valence-corrected chi connectivity index (χ2v) is 15.3. The van der Waals surface area contributed by atoms with Gasteiger partial charge in [0.1, 0.15) is 0 Å². The van der Waals surface area contributed by atoms with Crippen LogP contribution < -0.4 is 15.4 Å². The molecule has 4 aliphatic rings. The number of likely N-dealkylation sites (N-methyl/N-ethyl adjacent to an activating group) is 1. The van der Waals surface area contributed by atoms with Crippen LogP contribution in [0.2, 0.25) is 10.0 Å². The first-order valence-electron chi connectivity index (χ1n) is 17.3. The van der Waals surface area contributed by atoms with Crippen LogP contribution in [0.1, 0.15) is 66.2 Å². The molecular formula is C38H41Cl2N7O3. The van der Waals surface area contributed by atoms with E-state index in [1.54, 1.807) is 20.1 Å². The van der Waals surface area contributed by atoms with Crippen molar-refractivity contribution in [1.29, 1.82) is 0 Å². The van der Waals surface area contributed by atoms with Gasteiger partial charge in [0, 0.05) is 86.1 Å². The minimum absolute atomic E-state index is 0.0439. The third kappa shape index (κ3) is 6.16. The number of halogens is 2. The number of hydrogen-bond acceptors (Lipinski definition) is 7. The molecule has 50 heavy (non-hydrogen) atoms. The summed E-state index contributed by atoms with van der Waals surface area (Å²) in [5.74, 6) is 0.794. The van der Waals surface area contributed by atoms with Crippen molar-refractivity contribution in [3.8, 4) is 28.3 Å². The number of pyridine rings is 1. The number of nitrogens with zero attached hydrogens (tertiary/aromatic N) is 5. The molecule has 4 aromatic rings. The first-order valence-corrected chi connectivity index (χ1v) is 18.1. The molecular weight excluding hydrogens is 673 g/mol. The third-order valence-corrected chi connectivity index (χ3v) is 11.4. The zero-order valence-corrected chi connectivity index (χ0v) is 30.1. The minimum atomic E-state index is -0.264. The van der Waals surface area contributed by atoms with Crippen molar-refractivity contribution >= 4 is 40.7 Å². The summed E-state index contributed by atoms with van der Waals surface area (Å²) in [7, 11) is 3.72. The maximum atomic E-state index is 13.7. The molecule has 1 saturated heterocycles. The number of methoxy groups -OCH3 is 1. The zero-order valence-electron chi connectivity index (χ0n) is 28.6. The lowest BCUT2D eigenvalue weighted by Gasteiger charge is -2.59. The SMILES string of the molecule is COc1nc(-c2cccc(-c3cccc(NC(=O)c4nc5c(n4C4CC4)CCN(C)C5)c3Cl)c2Cl)ccc1CN1CC2(CC(NC(C)=O)C2)C1. The van der Waals surface area contributed by atoms with Gasteiger partial charge in [-0.25, -0.2) is 9.97 Å². The Balaban J connectivity index is 1.00. The van der Waals surface area contributed by atoms with Gasteiger partial charge in [0.2, 0.25) is 11.8 Å². The van der Waals surface area contributed by atoms with E-state index in [1.165, 1.54) is 5.69 Å². The van der Waals surface area contributed by atoms with Crippen molar-refractivity contribution in [1.82, 2.24) is 29.7 Å². The number of likely N-dealkylation sites (tertiary alicyclic amines) is 1. The molecule has 260 valence electrons. The van der Waals surface area contributed by atoms with Crippen molar-refractivity contribution in [2.45, 2.75) is 64.2 Å². The highest BCUT2D eigenvalue weighted by atomic mass is 35.5. The van der Waals surface area contributed by atoms with Crippen LogP contribution in [0.5, 0.6) is 5.88 Å². The molecule has 4 heterocycles. The topological polar surface area (TPSA) is 105 Å². The van der Waals surface area contributed by atoms with Gasteiger partial charge in [-0.05, 0) is 50.3 Å². The number of amides is 2. The quantitative estimate of drug-likeness (QED) is 0.201. The molecule has 1 spiro atoms. The van der Waals surface area contributed by atoms with Crippen LogP contribution in [0.4, 0.5) is 5.69 Å². The Kier molecular flexibility index (Phi) is 8.62. The molecule has 0 radical (unpaired) electrons. The van der Waals surface area contributed by atoms with Crippen LogP contribution in [0.25, 0.3) is 22.4 Å². The van der Waals surface area contributed by atoms with Crippen LogP contribution in [0.15, 0.2) is 48.5 Å². The molecule has 10 nitrogen and oxygen atoms in total. The number of imidazole rings is 1. The van der Waals surface area contributed by atoms with Crippen LogP contribution in [0, 0.1) is 5.41 Å². The smallest absolute Gasteiger partial charge is 0.291 e. The molecule has 2 aromatic heterocycles. The summed E-state index contributed by atoms with van der Waals surface area (Å²) in [5.41, 5.74) is 6.87. The maximum absolute atomic E-state index is 13.7. The summed E-state index contributed by atoms with van der Waals surface area (Å²) in [6, 6.07) is 16.0. The maximum Gasteiger partial charge on any atom is 0.291 e. The molecule has 2 amide bonds. The first kappa shape index (κ1) is 33.2. The summed E-state index contributed by atoms with van der Waals surface area (Å²) < 4.78 is 7.91. The number of nitrogens with one attached hydrogen (secondary N) is 2. The average Bonchev–Trinajstić information content (AvgIpc) is 3.83. The lowest BCUT2D eigenvalue weighted by Crippen LogP contribution is -2.65. The monoisotopic (exact) mass is 713 g/mol. The number of ether oxygens (including phenoxy) is 1. The van der Waals surface area contributed by atoms with Crippen LogP contribution >= 0.6 is 23.2 Å². The van der Waals surface area contributed by atoms with E-state index in [-0.39, 0.29) is 11.8 Å². The highest BCUT2D eigenvalue weighted by Crippen LogP contribution is 2.49. The van der Waals surface area contributed by atoms with E-state index < -0.39 is 0 Å². The second kappa shape index (κ2) is 13.0. The fraction of sp³-hybridized carbons (Fsp3) is 0.421. The molecule has 0 atom stereocenters. The highest BCUT2D eigenvalue weighted by molar-refractivity contribution is 6.39. The standard InChI is InChI=1S/C38H41Cl2N7O3/c1-22(48)41-24-16-38(17-24)20-46(21-38)18-23-10-13-29(44-37(23)50-3)28-8-4-6-26(33(28)39)27-7-5-9-30(34(27)40)43-36(49)35-42-31-19-45(2)15-14-32(31)47(35)25-11-12-25/h4-10,13,24-25H,11-12,14-21H2,1-3H3,(H,41,48)(H,43,49). The molecule has 2 saturated carbocycles. The van der Waals surface area contributed by atoms with Gasteiger partial charge >= 0.3 is 0 Å². The van der Waals surface area contributed by atoms with Gasteiger partial charge in [-0.1, -0.05) is 59.6 Å². The molecule has 2 aliphatic heterocycles. The van der Waals surface area contributed by atoms with E-state index in [0.717, 1.165) is 87.2 Å². The summed E-state index contributed by atoms with van der Waals surface area (Å²) >= 11 is 14.1. The summed E-state index contributed by atoms with van der Waals surface area (Å²) in [4.78, 5) is 39.4. The van der Waals surface area contributed by atoms with E-state index in [9.17, 15) is 9.59 Å². The summed E-state index contributed by atoms with van der Waals surface area (Å²) in [6.45, 7) is 6.03. The van der Waals surface area contributed by atoms with Crippen LogP contribution in [-0.4, -0.2) is 76.0 Å². The first-order chi connectivity index (χ1) is 24.1. The fourth-order valence-electron chi connectivity index (χ4n) is 8.18. The van der Waals surface area contributed by atoms with Gasteiger partial charge in [-0.2, -0.15) is 0 Å². The normalized spacial score (nSPS) is 18.7. The Morgan fingerprint density at radius 2 is 1.70 bits per heavy atom. The highest BCUT2D eigenvalue weighted by Gasteiger charge is 2.52. The number of carbonyl (C=O) groups is 2. The van der Waals surface area contributed by atoms with Gasteiger partial charge in [0.15, 0.2) is 5.82 Å². The third-order valence-electron chi connectivity index (χ3n) is 10.6. The molecule has 2 aromatic carbocycles. The Labute approximate surface area is 302 Å². The van der Waals surface area contributed by atoms with Crippen LogP contribution in [0.3, 0.4) is 0 Å². The molecule has 8 rings (SSSR count). The van der Waals surface area contributed by atoms with E-state index in [4.69, 9.17) is 37.9 Å². The molecule has 0 unspecified atom stereocenters. The van der Waals surface area contributed by atoms with Gasteiger partial charge in [-0.15, -0.1) is 0 Å². The number of anilines is 1. The van der Waals surface area contributed by atoms with E-state index in [1.807, 2.05) is 36.4 Å². The van der Waals surface area contributed by atoms with Crippen molar-refractivity contribution in [3.05, 3.63) is 81.4 Å². The van der Waals surface area contributed by atoms with E-state index in [2.05, 4.69) is 38.1 Å². The number of fused-ring (bicyclic) bond motifs is 1. The zero-order chi connectivity index (χ0) is 34.7. The number of aromatic nitrogens is 3. The average molecular weight is 715 g/mol. The molecule has 2 N–H and O–H groups in total. The Morgan fingerprint density at radius 1 is 0.980 bits per heavy atom. The lowest BCUT2D eigenvalue weighted by molar-refractivity contribution is -0.125.